The molecule has 0 spiro atoms. The highest BCUT2D eigenvalue weighted by molar-refractivity contribution is 14.1. The van der Waals surface area contributed by atoms with E-state index in [9.17, 15) is 29.3 Å². The van der Waals surface area contributed by atoms with Gasteiger partial charge in [-0.2, -0.15) is 0 Å². The lowest BCUT2D eigenvalue weighted by Crippen LogP contribution is -2.36. The van der Waals surface area contributed by atoms with E-state index in [-0.39, 0.29) is 0 Å². The second kappa shape index (κ2) is 11.8. The second-order valence-corrected chi connectivity index (χ2v) is 13.2. The summed E-state index contributed by atoms with van der Waals surface area (Å²) in [6.45, 7) is -0.442. The van der Waals surface area contributed by atoms with E-state index in [1.54, 1.807) is 10.8 Å². The molecule has 0 bridgehead atoms. The van der Waals surface area contributed by atoms with Gasteiger partial charge in [-0.05, 0) is 45.6 Å². The van der Waals surface area contributed by atoms with Crippen molar-refractivity contribution in [2.24, 2.45) is 0 Å². The molecular weight excluding hydrogens is 681 g/mol. The summed E-state index contributed by atoms with van der Waals surface area (Å²) in [6.07, 6.45) is -3.80. The van der Waals surface area contributed by atoms with Crippen LogP contribution in [0.4, 0.5) is 5.82 Å². The number of phosphoric ester groups is 1. The van der Waals surface area contributed by atoms with Gasteiger partial charge < -0.3 is 39.6 Å². The molecule has 2 saturated heterocycles. The zero-order chi connectivity index (χ0) is 27.2. The maximum atomic E-state index is 12.8. The van der Waals surface area contributed by atoms with Crippen LogP contribution in [0.3, 0.4) is 0 Å². The number of nitrogens with one attached hydrogen (secondary N) is 1. The Morgan fingerprint density at radius 2 is 2.05 bits per heavy atom. The topological polar surface area (TPSA) is 204 Å². The summed E-state index contributed by atoms with van der Waals surface area (Å²) >= 11 is 5.47. The van der Waals surface area contributed by atoms with Gasteiger partial charge in [0.2, 0.25) is 0 Å². The Morgan fingerprint density at radius 3 is 2.79 bits per heavy atom. The van der Waals surface area contributed by atoms with Crippen molar-refractivity contribution in [1.82, 2.24) is 14.5 Å². The van der Waals surface area contributed by atoms with Crippen LogP contribution in [0.1, 0.15) is 18.2 Å². The molecule has 2 aromatic heterocycles. The van der Waals surface area contributed by atoms with Crippen molar-refractivity contribution in [2.45, 2.75) is 59.8 Å². The largest absolute Gasteiger partial charge is 0.582 e. The van der Waals surface area contributed by atoms with Crippen LogP contribution < -0.4 is 5.32 Å². The molecule has 0 aromatic carbocycles. The Balaban J connectivity index is 1.29. The molecule has 3 aliphatic rings. The van der Waals surface area contributed by atoms with Crippen molar-refractivity contribution in [3.63, 3.8) is 0 Å². The van der Waals surface area contributed by atoms with Gasteiger partial charge in [-0.15, -0.1) is 4.52 Å². The molecule has 2 unspecified atom stereocenters. The predicted molar refractivity (Wildman–Crippen MR) is 142 cm³/mol. The number of hydrogen-bond acceptors (Lipinski definition) is 13. The van der Waals surface area contributed by atoms with Crippen LogP contribution in [0.5, 0.6) is 0 Å². The van der Waals surface area contributed by atoms with Gasteiger partial charge in [-0.3, -0.25) is 9.05 Å². The molecular formula is C19H26IN4O11P2S+. The standard InChI is InChI=1S/C19H25IN4O11P2S/c20-16-15(34-36(28)38)12(26)10(32-16)6-31-37(29,30)35-14-9(5-25)33-19(13(14)27)24-4-8-2-1-3-21-17-11(8)18(24)23-7-22-17/h4,7,9-10,12-16,19,25-27H,1-3,5-6H2,(H2-,21,22,23,28,29,30,38)/p+1/t9-,10-,12-,13-,14-,15-,16-,19-/m1/s1. The molecule has 5 N–H and O–H groups in total. The van der Waals surface area contributed by atoms with Crippen LogP contribution in [-0.2, 0) is 38.6 Å². The summed E-state index contributed by atoms with van der Waals surface area (Å²) in [7, 11) is -7.17. The highest BCUT2D eigenvalue weighted by atomic mass is 127. The number of aliphatic hydroxyl groups is 3. The Kier molecular flexibility index (Phi) is 8.97. The molecule has 210 valence electrons. The lowest BCUT2D eigenvalue weighted by Gasteiger charge is -2.23. The summed E-state index contributed by atoms with van der Waals surface area (Å²) in [6, 6.07) is 0. The summed E-state index contributed by atoms with van der Waals surface area (Å²) in [5.41, 5.74) is 1.44. The number of aliphatic hydroxyl groups excluding tert-OH is 3. The Labute approximate surface area is 235 Å². The summed E-state index contributed by atoms with van der Waals surface area (Å²) in [5.74, 6) is 0.660. The maximum Gasteiger partial charge on any atom is 0.582 e. The van der Waals surface area contributed by atoms with E-state index in [0.29, 0.717) is 11.5 Å². The number of alkyl halides is 1. The molecule has 2 fully saturated rings. The first kappa shape index (κ1) is 29.0. The predicted octanol–water partition coefficient (Wildman–Crippen LogP) is 1.04. The van der Waals surface area contributed by atoms with E-state index < -0.39 is 75.2 Å². The molecule has 0 radical (unpaired) electrons. The second-order valence-electron chi connectivity index (χ2n) is 8.91. The van der Waals surface area contributed by atoms with Gasteiger partial charge in [0.15, 0.2) is 12.3 Å². The Morgan fingerprint density at radius 1 is 1.26 bits per heavy atom. The van der Waals surface area contributed by atoms with Crippen LogP contribution in [0.25, 0.3) is 11.0 Å². The molecule has 5 rings (SSSR count). The highest BCUT2D eigenvalue weighted by Crippen LogP contribution is 2.50. The fraction of sp³-hybridized carbons (Fsp3) is 0.684. The lowest BCUT2D eigenvalue weighted by atomic mass is 10.1. The van der Waals surface area contributed by atoms with Crippen LogP contribution in [0, 0.1) is 0 Å². The van der Waals surface area contributed by atoms with Gasteiger partial charge in [0.25, 0.3) is 0 Å². The number of hydrogen-bond donors (Lipinski definition) is 6. The van der Waals surface area contributed by atoms with Gasteiger partial charge in [-0.1, -0.05) is 0 Å². The van der Waals surface area contributed by atoms with E-state index in [1.165, 1.54) is 6.33 Å². The van der Waals surface area contributed by atoms with Crippen molar-refractivity contribution < 1.29 is 52.4 Å². The van der Waals surface area contributed by atoms with Gasteiger partial charge in [0.05, 0.1) is 18.6 Å². The van der Waals surface area contributed by atoms with Crippen molar-refractivity contribution in [2.75, 3.05) is 25.1 Å². The Hall–Kier alpha value is -0.530. The van der Waals surface area contributed by atoms with Gasteiger partial charge in [-0.25, -0.2) is 14.5 Å². The first-order valence-electron chi connectivity index (χ1n) is 11.6. The average Bonchev–Trinajstić information content (AvgIpc) is 3.40. The zero-order valence-corrected chi connectivity index (χ0v) is 24.4. The molecule has 5 heterocycles. The molecule has 10 atom stereocenters. The summed E-state index contributed by atoms with van der Waals surface area (Å²) in [5, 5.41) is 35.3. The van der Waals surface area contributed by atoms with Crippen LogP contribution in [-0.4, -0.2) is 95.2 Å². The number of anilines is 1. The van der Waals surface area contributed by atoms with Crippen molar-refractivity contribution in [3.05, 3.63) is 18.1 Å². The monoisotopic (exact) mass is 707 g/mol. The van der Waals surface area contributed by atoms with E-state index in [2.05, 4.69) is 27.5 Å². The highest BCUT2D eigenvalue weighted by Gasteiger charge is 2.51. The molecule has 0 aliphatic carbocycles. The van der Waals surface area contributed by atoms with Crippen molar-refractivity contribution in [3.8, 4) is 0 Å². The third-order valence-corrected chi connectivity index (χ3v) is 9.21. The van der Waals surface area contributed by atoms with Gasteiger partial charge in [0, 0.05) is 12.7 Å². The number of thiol groups is 1. The number of nitrogens with zero attached hydrogens (tertiary/aromatic N) is 3. The van der Waals surface area contributed by atoms with E-state index in [4.69, 9.17) is 23.0 Å². The summed E-state index contributed by atoms with van der Waals surface area (Å²) < 4.78 is 51.5. The first-order valence-corrected chi connectivity index (χ1v) is 16.7. The van der Waals surface area contributed by atoms with Gasteiger partial charge >= 0.3 is 15.1 Å². The lowest BCUT2D eigenvalue weighted by molar-refractivity contribution is -0.0517. The molecule has 3 aliphatic heterocycles. The number of aromatic nitrogens is 3. The first-order chi connectivity index (χ1) is 18.1. The van der Waals surface area contributed by atoms with Crippen LogP contribution in [0.2, 0.25) is 0 Å². The van der Waals surface area contributed by atoms with E-state index >= 15 is 0 Å². The summed E-state index contributed by atoms with van der Waals surface area (Å²) in [4.78, 5) is 19.0. The Bertz CT molecular complexity index is 1240. The quantitative estimate of drug-likeness (QED) is 0.0934. The molecule has 0 saturated carbocycles. The fourth-order valence-corrected chi connectivity index (χ4v) is 7.70. The van der Waals surface area contributed by atoms with E-state index in [0.717, 1.165) is 30.3 Å². The van der Waals surface area contributed by atoms with Gasteiger partial charge in [0.1, 0.15) is 64.7 Å². The smallest absolute Gasteiger partial charge is 0.394 e. The minimum Gasteiger partial charge on any atom is -0.394 e. The maximum absolute atomic E-state index is 12.8. The third-order valence-electron chi connectivity index (χ3n) is 6.52. The van der Waals surface area contributed by atoms with Crippen LogP contribution in [0.15, 0.2) is 12.5 Å². The molecule has 0 amide bonds. The SMILES string of the molecule is O=[P+](S)O[C@@H]1[C@H](O)[C@@H](COP(=O)(O)O[C@H]2[C@@H](O)[C@H](n3cc4c5c(ncnc53)NCCC4)O[C@@H]2CO)O[C@H]1I. The number of ether oxygens (including phenoxy) is 2. The van der Waals surface area contributed by atoms with Crippen molar-refractivity contribution >= 4 is 66.7 Å². The third kappa shape index (κ3) is 5.77. The number of aryl methyl sites for hydroxylation is 1. The molecule has 2 aromatic rings. The van der Waals surface area contributed by atoms with Crippen molar-refractivity contribution in [1.29, 1.82) is 0 Å². The number of halogens is 1. The molecule has 38 heavy (non-hydrogen) atoms. The zero-order valence-electron chi connectivity index (χ0n) is 19.5. The number of rotatable bonds is 9. The minimum absolute atomic E-state index is 0.490. The minimum atomic E-state index is -4.85. The molecule has 15 nitrogen and oxygen atoms in total. The normalized spacial score (nSPS) is 35.2. The molecule has 19 heteroatoms. The van der Waals surface area contributed by atoms with E-state index in [1.807, 2.05) is 22.6 Å². The average molecular weight is 707 g/mol. The fourth-order valence-electron chi connectivity index (χ4n) is 4.79. The number of phosphoric acid groups is 1. The van der Waals surface area contributed by atoms with Crippen LogP contribution >= 0.6 is 49.9 Å².